The number of imidazole rings is 1. The molecular formula is C25H26F8N6O3. The molecule has 3 atom stereocenters. The van der Waals surface area contributed by atoms with E-state index in [0.29, 0.717) is 6.92 Å². The SMILES string of the molecule is Cc1nonc1C(=O)NC(c1nc2c(F)c(C(CC(F)F)C(=O)NC(C)C(F)(F)F)ccc2[nH]1)C1CCC(F)(F)CC1. The van der Waals surface area contributed by atoms with Gasteiger partial charge in [0.2, 0.25) is 18.3 Å². The monoisotopic (exact) mass is 610 g/mol. The molecule has 1 aromatic carbocycles. The van der Waals surface area contributed by atoms with E-state index in [4.69, 9.17) is 0 Å². The van der Waals surface area contributed by atoms with Crippen LogP contribution in [0.3, 0.4) is 0 Å². The molecule has 0 aliphatic heterocycles. The lowest BCUT2D eigenvalue weighted by molar-refractivity contribution is -0.158. The molecule has 2 amide bonds. The van der Waals surface area contributed by atoms with Crippen molar-refractivity contribution in [3.8, 4) is 0 Å². The van der Waals surface area contributed by atoms with Crippen molar-refractivity contribution in [1.29, 1.82) is 0 Å². The number of nitrogens with zero attached hydrogens (tertiary/aromatic N) is 3. The highest BCUT2D eigenvalue weighted by molar-refractivity contribution is 5.93. The van der Waals surface area contributed by atoms with Gasteiger partial charge in [-0.2, -0.15) is 13.2 Å². The molecule has 2 heterocycles. The minimum absolute atomic E-state index is 0.00536. The molecule has 2 aromatic heterocycles. The number of aromatic nitrogens is 4. The van der Waals surface area contributed by atoms with Crippen molar-refractivity contribution >= 4 is 22.8 Å². The molecule has 1 saturated carbocycles. The van der Waals surface area contributed by atoms with Gasteiger partial charge in [0, 0.05) is 24.8 Å². The minimum atomic E-state index is -4.87. The van der Waals surface area contributed by atoms with Crippen LogP contribution in [0.2, 0.25) is 0 Å². The average Bonchev–Trinajstić information content (AvgIpc) is 3.52. The molecule has 0 bridgehead atoms. The first-order chi connectivity index (χ1) is 19.6. The highest BCUT2D eigenvalue weighted by Crippen LogP contribution is 2.41. The number of hydrogen-bond acceptors (Lipinski definition) is 6. The number of aromatic amines is 1. The quantitative estimate of drug-likeness (QED) is 0.275. The lowest BCUT2D eigenvalue weighted by Gasteiger charge is -2.33. The Morgan fingerprint density at radius 3 is 2.38 bits per heavy atom. The van der Waals surface area contributed by atoms with Gasteiger partial charge >= 0.3 is 6.18 Å². The molecule has 1 aliphatic rings. The molecule has 1 fully saturated rings. The van der Waals surface area contributed by atoms with Crippen LogP contribution >= 0.6 is 0 Å². The third kappa shape index (κ3) is 6.81. The Bertz CT molecular complexity index is 1430. The van der Waals surface area contributed by atoms with Crippen molar-refractivity contribution in [3.63, 3.8) is 0 Å². The van der Waals surface area contributed by atoms with Crippen LogP contribution < -0.4 is 10.6 Å². The summed E-state index contributed by atoms with van der Waals surface area (Å²) in [5.41, 5.74) is -1.09. The van der Waals surface area contributed by atoms with E-state index in [1.807, 2.05) is 0 Å². The summed E-state index contributed by atoms with van der Waals surface area (Å²) >= 11 is 0. The van der Waals surface area contributed by atoms with E-state index in [2.05, 4.69) is 30.2 Å². The van der Waals surface area contributed by atoms with E-state index in [9.17, 15) is 40.3 Å². The maximum atomic E-state index is 15.7. The van der Waals surface area contributed by atoms with Crippen LogP contribution in [-0.2, 0) is 4.79 Å². The first-order valence-corrected chi connectivity index (χ1v) is 12.9. The highest BCUT2D eigenvalue weighted by atomic mass is 19.4. The highest BCUT2D eigenvalue weighted by Gasteiger charge is 2.41. The number of rotatable bonds is 9. The van der Waals surface area contributed by atoms with E-state index < -0.39 is 90.4 Å². The average molecular weight is 611 g/mol. The van der Waals surface area contributed by atoms with Gasteiger partial charge in [0.15, 0.2) is 11.5 Å². The largest absolute Gasteiger partial charge is 0.408 e. The molecular weight excluding hydrogens is 584 g/mol. The second-order valence-corrected chi connectivity index (χ2v) is 10.3. The maximum Gasteiger partial charge on any atom is 0.408 e. The van der Waals surface area contributed by atoms with Crippen LogP contribution in [-0.4, -0.2) is 56.7 Å². The van der Waals surface area contributed by atoms with Crippen LogP contribution in [0.1, 0.15) is 78.6 Å². The number of benzene rings is 1. The second-order valence-electron chi connectivity index (χ2n) is 10.3. The third-order valence-electron chi connectivity index (χ3n) is 7.28. The Morgan fingerprint density at radius 2 is 1.81 bits per heavy atom. The number of aryl methyl sites for hydroxylation is 1. The molecule has 0 saturated heterocycles. The number of amides is 2. The van der Waals surface area contributed by atoms with Crippen molar-refractivity contribution in [2.45, 2.75) is 82.5 Å². The predicted molar refractivity (Wildman–Crippen MR) is 129 cm³/mol. The fourth-order valence-corrected chi connectivity index (χ4v) is 4.89. The summed E-state index contributed by atoms with van der Waals surface area (Å²) in [6.45, 7) is 2.06. The number of carbonyl (C=O) groups is 2. The Hall–Kier alpha value is -3.79. The van der Waals surface area contributed by atoms with Gasteiger partial charge in [0.25, 0.3) is 5.91 Å². The number of halogens is 8. The first-order valence-electron chi connectivity index (χ1n) is 12.9. The Balaban J connectivity index is 1.70. The summed E-state index contributed by atoms with van der Waals surface area (Å²) in [4.78, 5) is 32.5. The van der Waals surface area contributed by atoms with Crippen LogP contribution in [0.5, 0.6) is 0 Å². The number of H-pyrrole nitrogens is 1. The van der Waals surface area contributed by atoms with Gasteiger partial charge in [-0.25, -0.2) is 31.6 Å². The Morgan fingerprint density at radius 1 is 1.14 bits per heavy atom. The second kappa shape index (κ2) is 11.8. The molecule has 3 N–H and O–H groups in total. The molecule has 230 valence electrons. The van der Waals surface area contributed by atoms with Gasteiger partial charge in [0.1, 0.15) is 23.1 Å². The molecule has 3 unspecified atom stereocenters. The fraction of sp³-hybridized carbons (Fsp3) is 0.560. The lowest BCUT2D eigenvalue weighted by Crippen LogP contribution is -2.45. The van der Waals surface area contributed by atoms with Gasteiger partial charge in [-0.3, -0.25) is 9.59 Å². The Kier molecular flexibility index (Phi) is 8.78. The number of fused-ring (bicyclic) bond motifs is 1. The number of hydrogen-bond donors (Lipinski definition) is 3. The van der Waals surface area contributed by atoms with Crippen LogP contribution in [0.25, 0.3) is 11.0 Å². The van der Waals surface area contributed by atoms with E-state index >= 15 is 4.39 Å². The van der Waals surface area contributed by atoms with Crippen molar-refractivity contribution in [3.05, 3.63) is 40.7 Å². The zero-order valence-corrected chi connectivity index (χ0v) is 22.2. The molecule has 17 heteroatoms. The summed E-state index contributed by atoms with van der Waals surface area (Å²) in [6.07, 6.45) is -10.3. The predicted octanol–water partition coefficient (Wildman–Crippen LogP) is 5.50. The number of nitrogens with one attached hydrogen (secondary N) is 3. The maximum absolute atomic E-state index is 15.7. The summed E-state index contributed by atoms with van der Waals surface area (Å²) < 4.78 is 114. The zero-order valence-electron chi connectivity index (χ0n) is 22.2. The fourth-order valence-electron chi connectivity index (χ4n) is 4.89. The molecule has 1 aliphatic carbocycles. The summed E-state index contributed by atoms with van der Waals surface area (Å²) in [7, 11) is 0. The molecule has 9 nitrogen and oxygen atoms in total. The van der Waals surface area contributed by atoms with Crippen molar-refractivity contribution in [2.24, 2.45) is 5.92 Å². The van der Waals surface area contributed by atoms with Gasteiger partial charge in [0.05, 0.1) is 17.5 Å². The van der Waals surface area contributed by atoms with E-state index in [-0.39, 0.29) is 35.6 Å². The van der Waals surface area contributed by atoms with Crippen molar-refractivity contribution < 1.29 is 49.3 Å². The third-order valence-corrected chi connectivity index (χ3v) is 7.28. The summed E-state index contributed by atoms with van der Waals surface area (Å²) in [6, 6.07) is -1.27. The lowest BCUT2D eigenvalue weighted by atomic mass is 9.81. The van der Waals surface area contributed by atoms with E-state index in [1.54, 1.807) is 5.32 Å². The first kappa shape index (κ1) is 31.2. The summed E-state index contributed by atoms with van der Waals surface area (Å²) in [5.74, 6) is -9.01. The normalized spacial score (nSPS) is 18.2. The van der Waals surface area contributed by atoms with Crippen LogP contribution in [0.15, 0.2) is 16.8 Å². The Labute approximate surface area is 232 Å². The van der Waals surface area contributed by atoms with Gasteiger partial charge in [-0.15, -0.1) is 0 Å². The van der Waals surface area contributed by atoms with Gasteiger partial charge < -0.3 is 15.6 Å². The molecule has 42 heavy (non-hydrogen) atoms. The van der Waals surface area contributed by atoms with Crippen molar-refractivity contribution in [2.75, 3.05) is 0 Å². The van der Waals surface area contributed by atoms with Gasteiger partial charge in [-0.05, 0) is 43.8 Å². The van der Waals surface area contributed by atoms with E-state index in [1.165, 1.54) is 13.0 Å². The molecule has 0 radical (unpaired) electrons. The standard InChI is InChI=1S/C25H26F8N6O3/c1-10-18(39-42-38-10)23(41)37-19(12-5-7-24(29,30)8-6-12)21-35-15-4-3-13(17(28)20(15)36-21)14(9-16(26)27)22(40)34-11(2)25(31,32)33/h3-4,11-12,14,16,19H,5-9H2,1-2H3,(H,34,40)(H,35,36)(H,37,41). The molecule has 4 rings (SSSR count). The smallest absolute Gasteiger partial charge is 0.344 e. The molecule has 0 spiro atoms. The zero-order chi connectivity index (χ0) is 31.0. The number of carbonyl (C=O) groups excluding carboxylic acids is 2. The van der Waals surface area contributed by atoms with Crippen molar-refractivity contribution in [1.82, 2.24) is 30.9 Å². The van der Waals surface area contributed by atoms with Crippen LogP contribution in [0, 0.1) is 18.7 Å². The molecule has 3 aromatic rings. The van der Waals surface area contributed by atoms with Crippen LogP contribution in [0.4, 0.5) is 35.1 Å². The topological polar surface area (TPSA) is 126 Å². The minimum Gasteiger partial charge on any atom is -0.344 e. The summed E-state index contributed by atoms with van der Waals surface area (Å²) in [5, 5.41) is 11.3. The number of alkyl halides is 7. The van der Waals surface area contributed by atoms with Gasteiger partial charge in [-0.1, -0.05) is 11.2 Å². The van der Waals surface area contributed by atoms with E-state index in [0.717, 1.165) is 6.07 Å².